The molecular weight excluding hydrogens is 198 g/mol. The first kappa shape index (κ1) is 10.7. The van der Waals surface area contributed by atoms with Crippen molar-refractivity contribution in [1.29, 1.82) is 0 Å². The van der Waals surface area contributed by atoms with Gasteiger partial charge in [0, 0.05) is 11.8 Å². The van der Waals surface area contributed by atoms with Crippen LogP contribution in [0.3, 0.4) is 0 Å². The lowest BCUT2D eigenvalue weighted by atomic mass is 10.1. The third kappa shape index (κ3) is 2.06. The van der Waals surface area contributed by atoms with Gasteiger partial charge in [-0.15, -0.1) is 0 Å². The van der Waals surface area contributed by atoms with E-state index in [1.807, 2.05) is 38.2 Å². The van der Waals surface area contributed by atoms with E-state index in [4.69, 9.17) is 4.74 Å². The normalized spacial score (nSPS) is 10.2. The van der Waals surface area contributed by atoms with Gasteiger partial charge in [-0.1, -0.05) is 6.07 Å². The number of methoxy groups -OCH3 is 1. The van der Waals surface area contributed by atoms with Crippen LogP contribution in [0.5, 0.6) is 5.75 Å². The lowest BCUT2D eigenvalue weighted by Gasteiger charge is -2.07. The van der Waals surface area contributed by atoms with Crippen LogP contribution in [0.2, 0.25) is 0 Å². The van der Waals surface area contributed by atoms with E-state index in [1.54, 1.807) is 7.11 Å². The zero-order chi connectivity index (χ0) is 11.5. The van der Waals surface area contributed by atoms with Crippen molar-refractivity contribution in [3.63, 3.8) is 0 Å². The quantitative estimate of drug-likeness (QED) is 0.763. The summed E-state index contributed by atoms with van der Waals surface area (Å²) in [5.41, 5.74) is 4.42. The SMILES string of the molecule is COc1ccc(-c2ccc(C)cn2)cc1C. The third-order valence-electron chi connectivity index (χ3n) is 2.60. The average molecular weight is 213 g/mol. The molecule has 1 aromatic carbocycles. The highest BCUT2D eigenvalue weighted by atomic mass is 16.5. The molecule has 0 aliphatic rings. The summed E-state index contributed by atoms with van der Waals surface area (Å²) in [7, 11) is 1.69. The highest BCUT2D eigenvalue weighted by molar-refractivity contribution is 5.61. The van der Waals surface area contributed by atoms with Crippen molar-refractivity contribution in [2.24, 2.45) is 0 Å². The van der Waals surface area contributed by atoms with Crippen LogP contribution in [0.25, 0.3) is 11.3 Å². The second-order valence-electron chi connectivity index (χ2n) is 3.91. The summed E-state index contributed by atoms with van der Waals surface area (Å²) >= 11 is 0. The molecule has 0 bridgehead atoms. The zero-order valence-corrected chi connectivity index (χ0v) is 9.82. The molecular formula is C14H15NO. The van der Waals surface area contributed by atoms with Crippen molar-refractivity contribution < 1.29 is 4.74 Å². The summed E-state index contributed by atoms with van der Waals surface area (Å²) in [5.74, 6) is 0.913. The van der Waals surface area contributed by atoms with Crippen LogP contribution in [-0.2, 0) is 0 Å². The van der Waals surface area contributed by atoms with Crippen LogP contribution >= 0.6 is 0 Å². The Morgan fingerprint density at radius 3 is 2.44 bits per heavy atom. The Kier molecular flexibility index (Phi) is 2.91. The van der Waals surface area contributed by atoms with E-state index >= 15 is 0 Å². The number of nitrogens with zero attached hydrogens (tertiary/aromatic N) is 1. The first-order valence-electron chi connectivity index (χ1n) is 5.28. The van der Waals surface area contributed by atoms with Gasteiger partial charge >= 0.3 is 0 Å². The van der Waals surface area contributed by atoms with Crippen molar-refractivity contribution in [3.05, 3.63) is 47.7 Å². The van der Waals surface area contributed by atoms with Gasteiger partial charge in [-0.25, -0.2) is 0 Å². The molecule has 1 heterocycles. The summed E-state index contributed by atoms with van der Waals surface area (Å²) < 4.78 is 5.23. The largest absolute Gasteiger partial charge is 0.496 e. The Morgan fingerprint density at radius 1 is 1.06 bits per heavy atom. The van der Waals surface area contributed by atoms with Gasteiger partial charge in [-0.05, 0) is 49.2 Å². The van der Waals surface area contributed by atoms with Gasteiger partial charge in [-0.2, -0.15) is 0 Å². The fraction of sp³-hybridized carbons (Fsp3) is 0.214. The summed E-state index contributed by atoms with van der Waals surface area (Å²) in [6.45, 7) is 4.08. The second kappa shape index (κ2) is 4.35. The number of benzene rings is 1. The minimum absolute atomic E-state index is 0.913. The molecule has 1 aromatic heterocycles. The maximum Gasteiger partial charge on any atom is 0.121 e. The average Bonchev–Trinajstić information content (AvgIpc) is 2.30. The molecule has 2 aromatic rings. The molecule has 82 valence electrons. The molecule has 16 heavy (non-hydrogen) atoms. The van der Waals surface area contributed by atoms with E-state index in [9.17, 15) is 0 Å². The van der Waals surface area contributed by atoms with Crippen molar-refractivity contribution in [3.8, 4) is 17.0 Å². The number of aryl methyl sites for hydroxylation is 2. The van der Waals surface area contributed by atoms with E-state index in [0.29, 0.717) is 0 Å². The van der Waals surface area contributed by atoms with Crippen molar-refractivity contribution in [2.45, 2.75) is 13.8 Å². The van der Waals surface area contributed by atoms with E-state index in [1.165, 1.54) is 5.56 Å². The number of ether oxygens (including phenoxy) is 1. The number of hydrogen-bond acceptors (Lipinski definition) is 2. The Morgan fingerprint density at radius 2 is 1.88 bits per heavy atom. The van der Waals surface area contributed by atoms with Gasteiger partial charge in [0.25, 0.3) is 0 Å². The van der Waals surface area contributed by atoms with Crippen LogP contribution in [0.1, 0.15) is 11.1 Å². The molecule has 0 spiro atoms. The van der Waals surface area contributed by atoms with Crippen LogP contribution < -0.4 is 4.74 Å². The molecule has 2 nitrogen and oxygen atoms in total. The van der Waals surface area contributed by atoms with Crippen LogP contribution in [-0.4, -0.2) is 12.1 Å². The Bertz CT molecular complexity index is 489. The molecule has 0 aliphatic carbocycles. The predicted molar refractivity (Wildman–Crippen MR) is 65.7 cm³/mol. The van der Waals surface area contributed by atoms with Gasteiger partial charge in [0.15, 0.2) is 0 Å². The first-order chi connectivity index (χ1) is 7.70. The van der Waals surface area contributed by atoms with Crippen LogP contribution in [0.4, 0.5) is 0 Å². The summed E-state index contributed by atoms with van der Waals surface area (Å²) in [5, 5.41) is 0. The lowest BCUT2D eigenvalue weighted by molar-refractivity contribution is 0.412. The molecule has 0 fully saturated rings. The van der Waals surface area contributed by atoms with Crippen molar-refractivity contribution in [2.75, 3.05) is 7.11 Å². The smallest absolute Gasteiger partial charge is 0.121 e. The maximum atomic E-state index is 5.23. The summed E-state index contributed by atoms with van der Waals surface area (Å²) in [4.78, 5) is 4.40. The van der Waals surface area contributed by atoms with Gasteiger partial charge in [-0.3, -0.25) is 4.98 Å². The Balaban J connectivity index is 2.41. The van der Waals surface area contributed by atoms with Gasteiger partial charge in [0.1, 0.15) is 5.75 Å². The monoisotopic (exact) mass is 213 g/mol. The molecule has 0 unspecified atom stereocenters. The van der Waals surface area contributed by atoms with E-state index in [-0.39, 0.29) is 0 Å². The fourth-order valence-electron chi connectivity index (χ4n) is 1.68. The molecule has 0 N–H and O–H groups in total. The maximum absolute atomic E-state index is 5.23. The molecule has 0 amide bonds. The molecule has 0 atom stereocenters. The summed E-state index contributed by atoms with van der Waals surface area (Å²) in [6, 6.07) is 10.2. The lowest BCUT2D eigenvalue weighted by Crippen LogP contribution is -1.89. The number of pyridine rings is 1. The molecule has 0 aliphatic heterocycles. The molecule has 0 saturated carbocycles. The van der Waals surface area contributed by atoms with Crippen molar-refractivity contribution in [1.82, 2.24) is 4.98 Å². The fourth-order valence-corrected chi connectivity index (χ4v) is 1.68. The zero-order valence-electron chi connectivity index (χ0n) is 9.82. The number of hydrogen-bond donors (Lipinski definition) is 0. The van der Waals surface area contributed by atoms with E-state index < -0.39 is 0 Å². The minimum atomic E-state index is 0.913. The highest BCUT2D eigenvalue weighted by Crippen LogP contribution is 2.24. The third-order valence-corrected chi connectivity index (χ3v) is 2.60. The van der Waals surface area contributed by atoms with Crippen LogP contribution in [0.15, 0.2) is 36.5 Å². The minimum Gasteiger partial charge on any atom is -0.496 e. The molecule has 0 saturated heterocycles. The highest BCUT2D eigenvalue weighted by Gasteiger charge is 2.02. The van der Waals surface area contributed by atoms with Gasteiger partial charge < -0.3 is 4.74 Å². The van der Waals surface area contributed by atoms with E-state index in [0.717, 1.165) is 22.6 Å². The molecule has 2 heteroatoms. The standard InChI is InChI=1S/C14H15NO/c1-10-4-6-13(15-9-10)12-5-7-14(16-3)11(2)8-12/h4-9H,1-3H3. The molecule has 0 radical (unpaired) electrons. The van der Waals surface area contributed by atoms with Gasteiger partial charge in [0.05, 0.1) is 12.8 Å². The van der Waals surface area contributed by atoms with Gasteiger partial charge in [0.2, 0.25) is 0 Å². The van der Waals surface area contributed by atoms with Crippen LogP contribution in [0, 0.1) is 13.8 Å². The first-order valence-corrected chi connectivity index (χ1v) is 5.28. The number of rotatable bonds is 2. The van der Waals surface area contributed by atoms with Crippen molar-refractivity contribution >= 4 is 0 Å². The Hall–Kier alpha value is -1.83. The predicted octanol–water partition coefficient (Wildman–Crippen LogP) is 3.37. The second-order valence-corrected chi connectivity index (χ2v) is 3.91. The number of aromatic nitrogens is 1. The molecule has 2 rings (SSSR count). The van der Waals surface area contributed by atoms with E-state index in [2.05, 4.69) is 17.1 Å². The Labute approximate surface area is 95.9 Å². The topological polar surface area (TPSA) is 22.1 Å². The summed E-state index contributed by atoms with van der Waals surface area (Å²) in [6.07, 6.45) is 1.88.